The summed E-state index contributed by atoms with van der Waals surface area (Å²) in [6.07, 6.45) is 15.1. The van der Waals surface area contributed by atoms with E-state index in [1.807, 2.05) is 6.92 Å². The van der Waals surface area contributed by atoms with Gasteiger partial charge in [-0.25, -0.2) is 0 Å². The Balaban J connectivity index is 1.93. The molecule has 0 heterocycles. The zero-order valence-corrected chi connectivity index (χ0v) is 13.9. The predicted molar refractivity (Wildman–Crippen MR) is 87.0 cm³/mol. The van der Waals surface area contributed by atoms with Gasteiger partial charge in [-0.1, -0.05) is 57.1 Å². The fourth-order valence-corrected chi connectivity index (χ4v) is 4.21. The van der Waals surface area contributed by atoms with Gasteiger partial charge in [-0.15, -0.1) is 0 Å². The van der Waals surface area contributed by atoms with Crippen LogP contribution in [-0.2, 0) is 9.53 Å². The second-order valence-corrected chi connectivity index (χ2v) is 6.80. The standard InChI is InChI=1S/C19H32O2/c1-3-8-18(19(20)21-4-2)17-13-11-16(12-14-17)15-9-6-5-7-10-15/h13,15-16,18H,3-12,14H2,1-2H3/t16-,18+/m0/s1. The topological polar surface area (TPSA) is 26.3 Å². The van der Waals surface area contributed by atoms with Gasteiger partial charge >= 0.3 is 5.97 Å². The molecule has 1 fully saturated rings. The molecule has 21 heavy (non-hydrogen) atoms. The lowest BCUT2D eigenvalue weighted by Crippen LogP contribution is -2.25. The van der Waals surface area contributed by atoms with E-state index in [9.17, 15) is 4.79 Å². The van der Waals surface area contributed by atoms with Gasteiger partial charge in [0, 0.05) is 0 Å². The highest BCUT2D eigenvalue weighted by Crippen LogP contribution is 2.39. The number of rotatable bonds is 6. The van der Waals surface area contributed by atoms with Crippen LogP contribution < -0.4 is 0 Å². The summed E-state index contributed by atoms with van der Waals surface area (Å²) in [5.41, 5.74) is 1.36. The molecule has 0 N–H and O–H groups in total. The van der Waals surface area contributed by atoms with Gasteiger partial charge in [-0.2, -0.15) is 0 Å². The van der Waals surface area contributed by atoms with Gasteiger partial charge in [0.25, 0.3) is 0 Å². The normalized spacial score (nSPS) is 25.2. The minimum atomic E-state index is 0.00159. The maximum absolute atomic E-state index is 12.2. The number of carbonyl (C=O) groups excluding carboxylic acids is 1. The van der Waals surface area contributed by atoms with Crippen LogP contribution in [-0.4, -0.2) is 12.6 Å². The highest BCUT2D eigenvalue weighted by molar-refractivity contribution is 5.75. The van der Waals surface area contributed by atoms with Crippen molar-refractivity contribution in [2.75, 3.05) is 6.61 Å². The first-order valence-electron chi connectivity index (χ1n) is 9.11. The summed E-state index contributed by atoms with van der Waals surface area (Å²) in [4.78, 5) is 12.2. The van der Waals surface area contributed by atoms with Crippen molar-refractivity contribution >= 4 is 5.97 Å². The van der Waals surface area contributed by atoms with Crippen LogP contribution in [0.2, 0.25) is 0 Å². The van der Waals surface area contributed by atoms with Crippen LogP contribution in [0.3, 0.4) is 0 Å². The van der Waals surface area contributed by atoms with Crippen molar-refractivity contribution in [1.82, 2.24) is 0 Å². The second-order valence-electron chi connectivity index (χ2n) is 6.80. The third-order valence-corrected chi connectivity index (χ3v) is 5.40. The van der Waals surface area contributed by atoms with Crippen molar-refractivity contribution in [2.45, 2.75) is 78.1 Å². The van der Waals surface area contributed by atoms with Crippen molar-refractivity contribution in [3.63, 3.8) is 0 Å². The van der Waals surface area contributed by atoms with E-state index in [1.54, 1.807) is 0 Å². The van der Waals surface area contributed by atoms with Crippen molar-refractivity contribution in [1.29, 1.82) is 0 Å². The Morgan fingerprint density at radius 3 is 2.52 bits per heavy atom. The van der Waals surface area contributed by atoms with Crippen molar-refractivity contribution in [2.24, 2.45) is 17.8 Å². The fraction of sp³-hybridized carbons (Fsp3) is 0.842. The monoisotopic (exact) mass is 292 g/mol. The molecule has 2 nitrogen and oxygen atoms in total. The molecule has 0 unspecified atom stereocenters. The molecular weight excluding hydrogens is 260 g/mol. The van der Waals surface area contributed by atoms with Crippen LogP contribution in [0.15, 0.2) is 11.6 Å². The lowest BCUT2D eigenvalue weighted by molar-refractivity contribution is -0.147. The van der Waals surface area contributed by atoms with Crippen LogP contribution in [0.25, 0.3) is 0 Å². The number of carbonyl (C=O) groups is 1. The number of hydrogen-bond acceptors (Lipinski definition) is 2. The van der Waals surface area contributed by atoms with Crippen molar-refractivity contribution < 1.29 is 9.53 Å². The Kier molecular flexibility index (Phi) is 6.79. The van der Waals surface area contributed by atoms with Crippen molar-refractivity contribution in [3.8, 4) is 0 Å². The number of esters is 1. The van der Waals surface area contributed by atoms with Gasteiger partial charge in [-0.05, 0) is 44.4 Å². The van der Waals surface area contributed by atoms with Gasteiger partial charge in [0.2, 0.25) is 0 Å². The molecule has 0 radical (unpaired) electrons. The zero-order chi connectivity index (χ0) is 15.1. The molecule has 0 aliphatic heterocycles. The largest absolute Gasteiger partial charge is 0.466 e. The summed E-state index contributed by atoms with van der Waals surface area (Å²) in [5.74, 6) is 1.85. The van der Waals surface area contributed by atoms with E-state index in [1.165, 1.54) is 50.5 Å². The van der Waals surface area contributed by atoms with Gasteiger partial charge in [-0.3, -0.25) is 4.79 Å². The lowest BCUT2D eigenvalue weighted by Gasteiger charge is -2.33. The molecule has 0 amide bonds. The minimum Gasteiger partial charge on any atom is -0.466 e. The number of allylic oxidation sites excluding steroid dienone is 1. The number of ether oxygens (including phenoxy) is 1. The van der Waals surface area contributed by atoms with Gasteiger partial charge in [0.15, 0.2) is 0 Å². The quantitative estimate of drug-likeness (QED) is 0.492. The molecule has 2 heteroatoms. The van der Waals surface area contributed by atoms with E-state index in [0.29, 0.717) is 6.61 Å². The summed E-state index contributed by atoms with van der Waals surface area (Å²) < 4.78 is 5.27. The molecule has 0 aromatic carbocycles. The molecule has 120 valence electrons. The third kappa shape index (κ3) is 4.59. The summed E-state index contributed by atoms with van der Waals surface area (Å²) in [5, 5.41) is 0. The maximum atomic E-state index is 12.2. The first kappa shape index (κ1) is 16.6. The molecule has 1 saturated carbocycles. The summed E-state index contributed by atoms with van der Waals surface area (Å²) in [6.45, 7) is 4.55. The van der Waals surface area contributed by atoms with Crippen LogP contribution >= 0.6 is 0 Å². The fourth-order valence-electron chi connectivity index (χ4n) is 4.21. The Bertz CT molecular complexity index is 353. The predicted octanol–water partition coefficient (Wildman–Crippen LogP) is 5.27. The molecule has 0 aromatic rings. The van der Waals surface area contributed by atoms with Gasteiger partial charge in [0.05, 0.1) is 12.5 Å². The molecule has 2 rings (SSSR count). The van der Waals surface area contributed by atoms with Crippen LogP contribution in [0.5, 0.6) is 0 Å². The van der Waals surface area contributed by atoms with E-state index in [0.717, 1.165) is 31.1 Å². The number of hydrogen-bond donors (Lipinski definition) is 0. The summed E-state index contributed by atoms with van der Waals surface area (Å²) in [6, 6.07) is 0. The van der Waals surface area contributed by atoms with Gasteiger partial charge in [0.1, 0.15) is 0 Å². The highest BCUT2D eigenvalue weighted by atomic mass is 16.5. The summed E-state index contributed by atoms with van der Waals surface area (Å²) >= 11 is 0. The Labute approximate surface area is 130 Å². The van der Waals surface area contributed by atoms with Crippen LogP contribution in [0.4, 0.5) is 0 Å². The van der Waals surface area contributed by atoms with Crippen LogP contribution in [0.1, 0.15) is 78.1 Å². The Hall–Kier alpha value is -0.790. The van der Waals surface area contributed by atoms with E-state index in [4.69, 9.17) is 4.74 Å². The second kappa shape index (κ2) is 8.60. The minimum absolute atomic E-state index is 0.00159. The molecular formula is C19H32O2. The Morgan fingerprint density at radius 1 is 1.19 bits per heavy atom. The molecule has 0 spiro atoms. The highest BCUT2D eigenvalue weighted by Gasteiger charge is 2.29. The van der Waals surface area contributed by atoms with E-state index in [-0.39, 0.29) is 11.9 Å². The van der Waals surface area contributed by atoms with E-state index in [2.05, 4.69) is 13.0 Å². The molecule has 0 aromatic heterocycles. The SMILES string of the molecule is CCC[C@@H](C(=O)OCC)C1=CC[C@H](C2CCCCC2)CC1. The average molecular weight is 292 g/mol. The lowest BCUT2D eigenvalue weighted by atomic mass is 9.72. The van der Waals surface area contributed by atoms with Gasteiger partial charge < -0.3 is 4.74 Å². The van der Waals surface area contributed by atoms with E-state index >= 15 is 0 Å². The first-order valence-corrected chi connectivity index (χ1v) is 9.11. The average Bonchev–Trinajstić information content (AvgIpc) is 2.54. The molecule has 2 aliphatic rings. The van der Waals surface area contributed by atoms with Crippen LogP contribution in [0, 0.1) is 17.8 Å². The zero-order valence-electron chi connectivity index (χ0n) is 13.9. The molecule has 0 saturated heterocycles. The molecule has 0 bridgehead atoms. The molecule has 2 aliphatic carbocycles. The smallest absolute Gasteiger partial charge is 0.313 e. The Morgan fingerprint density at radius 2 is 1.95 bits per heavy atom. The van der Waals surface area contributed by atoms with E-state index < -0.39 is 0 Å². The third-order valence-electron chi connectivity index (χ3n) is 5.40. The first-order chi connectivity index (χ1) is 10.3. The maximum Gasteiger partial charge on any atom is 0.313 e. The summed E-state index contributed by atoms with van der Waals surface area (Å²) in [7, 11) is 0. The molecule has 2 atom stereocenters. The van der Waals surface area contributed by atoms with Crippen molar-refractivity contribution in [3.05, 3.63) is 11.6 Å².